The molecule has 0 spiro atoms. The van der Waals surface area contributed by atoms with E-state index in [0.29, 0.717) is 0 Å². The normalized spacial score (nSPS) is 31.7. The Morgan fingerprint density at radius 1 is 1.46 bits per heavy atom. The maximum atomic E-state index is 5.74. The van der Waals surface area contributed by atoms with Crippen molar-refractivity contribution in [1.82, 2.24) is 0 Å². The molecule has 0 aromatic carbocycles. The van der Waals surface area contributed by atoms with Gasteiger partial charge in [-0.2, -0.15) is 0 Å². The van der Waals surface area contributed by atoms with Crippen molar-refractivity contribution in [3.8, 4) is 0 Å². The molecule has 1 unspecified atom stereocenters. The molecule has 0 amide bonds. The highest BCUT2D eigenvalue weighted by atomic mass is 79.9. The van der Waals surface area contributed by atoms with Crippen LogP contribution in [0.5, 0.6) is 0 Å². The highest BCUT2D eigenvalue weighted by molar-refractivity contribution is 9.11. The van der Waals surface area contributed by atoms with Crippen LogP contribution in [0.25, 0.3) is 0 Å². The lowest BCUT2D eigenvalue weighted by atomic mass is 9.74. The fourth-order valence-corrected chi connectivity index (χ4v) is 2.47. The number of halogens is 1. The molecule has 0 aliphatic heterocycles. The first-order valence-electron chi connectivity index (χ1n) is 4.33. The smallest absolute Gasteiger partial charge is 0.0314 e. The Bertz CT molecular complexity index is 360. The van der Waals surface area contributed by atoms with Crippen molar-refractivity contribution < 1.29 is 0 Å². The molecule has 0 radical (unpaired) electrons. The van der Waals surface area contributed by atoms with Crippen molar-refractivity contribution in [1.29, 1.82) is 0 Å². The first-order valence-corrected chi connectivity index (χ1v) is 5.13. The van der Waals surface area contributed by atoms with Crippen molar-refractivity contribution in [2.75, 3.05) is 0 Å². The molecule has 0 heterocycles. The average Bonchev–Trinajstić information content (AvgIpc) is 2.06. The van der Waals surface area contributed by atoms with E-state index in [9.17, 15) is 0 Å². The number of hydrogen-bond acceptors (Lipinski definition) is 1. The minimum atomic E-state index is 0.135. The molecule has 0 aromatic rings. The summed E-state index contributed by atoms with van der Waals surface area (Å²) in [5.74, 6) is 0. The molecule has 1 nitrogen and oxygen atoms in total. The van der Waals surface area contributed by atoms with Crippen LogP contribution >= 0.6 is 15.9 Å². The minimum absolute atomic E-state index is 0.135. The van der Waals surface area contributed by atoms with Gasteiger partial charge < -0.3 is 5.73 Å². The lowest BCUT2D eigenvalue weighted by Gasteiger charge is -2.32. The first-order chi connectivity index (χ1) is 6.10. The summed E-state index contributed by atoms with van der Waals surface area (Å²) in [6, 6.07) is 0. The Labute approximate surface area is 86.8 Å². The molecule has 2 aliphatic carbocycles. The number of fused-ring (bicyclic) bond motifs is 1. The fraction of sp³-hybridized carbons (Fsp3) is 0.273. The molecule has 68 valence electrons. The van der Waals surface area contributed by atoms with Gasteiger partial charge in [-0.1, -0.05) is 41.1 Å². The number of allylic oxidation sites excluding steroid dienone is 7. The highest BCUT2D eigenvalue weighted by Crippen LogP contribution is 2.43. The Hall–Kier alpha value is -0.760. The monoisotopic (exact) mass is 237 g/mol. The van der Waals surface area contributed by atoms with Gasteiger partial charge in [-0.15, -0.1) is 0 Å². The van der Waals surface area contributed by atoms with E-state index in [-0.39, 0.29) is 5.41 Å². The molecule has 2 heteroatoms. The third-order valence-corrected chi connectivity index (χ3v) is 3.15. The Balaban J connectivity index is 2.46. The van der Waals surface area contributed by atoms with Crippen LogP contribution in [-0.4, -0.2) is 0 Å². The molecule has 2 rings (SSSR count). The lowest BCUT2D eigenvalue weighted by Crippen LogP contribution is -2.21. The van der Waals surface area contributed by atoms with Crippen LogP contribution in [0.2, 0.25) is 0 Å². The van der Waals surface area contributed by atoms with Crippen LogP contribution in [0.1, 0.15) is 13.3 Å². The lowest BCUT2D eigenvalue weighted by molar-refractivity contribution is 0.521. The van der Waals surface area contributed by atoms with Crippen LogP contribution < -0.4 is 5.73 Å². The van der Waals surface area contributed by atoms with Gasteiger partial charge in [-0.25, -0.2) is 0 Å². The molecule has 0 aromatic heterocycles. The Morgan fingerprint density at radius 3 is 3.00 bits per heavy atom. The number of hydrogen-bond donors (Lipinski definition) is 1. The molecular weight excluding hydrogens is 226 g/mol. The van der Waals surface area contributed by atoms with E-state index in [1.807, 2.05) is 6.08 Å². The zero-order valence-corrected chi connectivity index (χ0v) is 9.14. The Morgan fingerprint density at radius 2 is 2.23 bits per heavy atom. The summed E-state index contributed by atoms with van der Waals surface area (Å²) >= 11 is 3.53. The average molecular weight is 238 g/mol. The number of rotatable bonds is 0. The second-order valence-electron chi connectivity index (χ2n) is 3.81. The third-order valence-electron chi connectivity index (χ3n) is 2.61. The third kappa shape index (κ3) is 1.51. The summed E-state index contributed by atoms with van der Waals surface area (Å²) in [5, 5.41) is 0. The van der Waals surface area contributed by atoms with Crippen LogP contribution in [0.3, 0.4) is 0 Å². The Kier molecular flexibility index (Phi) is 1.95. The van der Waals surface area contributed by atoms with Crippen molar-refractivity contribution in [3.05, 3.63) is 46.1 Å². The predicted molar refractivity (Wildman–Crippen MR) is 59.2 cm³/mol. The quantitative estimate of drug-likeness (QED) is 0.689. The van der Waals surface area contributed by atoms with Crippen molar-refractivity contribution in [2.24, 2.45) is 11.1 Å². The summed E-state index contributed by atoms with van der Waals surface area (Å²) in [7, 11) is 0. The van der Waals surface area contributed by atoms with Gasteiger partial charge in [0.1, 0.15) is 0 Å². The fourth-order valence-electron chi connectivity index (χ4n) is 1.76. The predicted octanol–water partition coefficient (Wildman–Crippen LogP) is 3.01. The van der Waals surface area contributed by atoms with E-state index < -0.39 is 0 Å². The summed E-state index contributed by atoms with van der Waals surface area (Å²) in [4.78, 5) is 0. The molecule has 13 heavy (non-hydrogen) atoms. The van der Waals surface area contributed by atoms with Crippen LogP contribution in [0.15, 0.2) is 46.1 Å². The van der Waals surface area contributed by atoms with Gasteiger partial charge in [0, 0.05) is 11.1 Å². The van der Waals surface area contributed by atoms with Gasteiger partial charge in [0.15, 0.2) is 0 Å². The van der Waals surface area contributed by atoms with E-state index in [2.05, 4.69) is 47.2 Å². The van der Waals surface area contributed by atoms with Crippen molar-refractivity contribution >= 4 is 15.9 Å². The standard InChI is InChI=1S/C11H12BrN/c1-11-5-4-10(13)6-8(11)2-3-9(12)7-11/h2-6H,7,13H2,1H3. The van der Waals surface area contributed by atoms with Crippen LogP contribution in [0, 0.1) is 5.41 Å². The SMILES string of the molecule is CC12C=CC(N)=CC1=CC=C(Br)C2. The largest absolute Gasteiger partial charge is 0.399 e. The maximum absolute atomic E-state index is 5.74. The minimum Gasteiger partial charge on any atom is -0.399 e. The summed E-state index contributed by atoms with van der Waals surface area (Å²) < 4.78 is 1.25. The maximum Gasteiger partial charge on any atom is 0.0314 e. The van der Waals surface area contributed by atoms with Crippen molar-refractivity contribution in [3.63, 3.8) is 0 Å². The number of nitrogens with two attached hydrogens (primary N) is 1. The van der Waals surface area contributed by atoms with Crippen LogP contribution in [0.4, 0.5) is 0 Å². The second kappa shape index (κ2) is 2.88. The molecular formula is C11H12BrN. The van der Waals surface area contributed by atoms with Gasteiger partial charge in [-0.05, 0) is 28.6 Å². The molecule has 0 saturated heterocycles. The second-order valence-corrected chi connectivity index (χ2v) is 4.83. The van der Waals surface area contributed by atoms with Crippen LogP contribution in [-0.2, 0) is 0 Å². The van der Waals surface area contributed by atoms with Gasteiger partial charge in [0.25, 0.3) is 0 Å². The molecule has 2 N–H and O–H groups in total. The van der Waals surface area contributed by atoms with E-state index in [4.69, 9.17) is 5.73 Å². The zero-order chi connectivity index (χ0) is 9.47. The van der Waals surface area contributed by atoms with E-state index in [0.717, 1.165) is 12.1 Å². The van der Waals surface area contributed by atoms with Gasteiger partial charge >= 0.3 is 0 Å². The van der Waals surface area contributed by atoms with Gasteiger partial charge in [0.05, 0.1) is 0 Å². The molecule has 2 aliphatic rings. The molecule has 0 bridgehead atoms. The van der Waals surface area contributed by atoms with E-state index >= 15 is 0 Å². The molecule has 0 fully saturated rings. The summed E-state index contributed by atoms with van der Waals surface area (Å²) in [5.41, 5.74) is 8.02. The first kappa shape index (κ1) is 8.82. The van der Waals surface area contributed by atoms with E-state index in [1.165, 1.54) is 10.1 Å². The topological polar surface area (TPSA) is 26.0 Å². The van der Waals surface area contributed by atoms with Gasteiger partial charge in [0.2, 0.25) is 0 Å². The van der Waals surface area contributed by atoms with Gasteiger partial charge in [-0.3, -0.25) is 0 Å². The highest BCUT2D eigenvalue weighted by Gasteiger charge is 2.29. The molecule has 0 saturated carbocycles. The van der Waals surface area contributed by atoms with E-state index in [1.54, 1.807) is 0 Å². The summed E-state index contributed by atoms with van der Waals surface area (Å²) in [6.07, 6.45) is 11.5. The summed E-state index contributed by atoms with van der Waals surface area (Å²) in [6.45, 7) is 2.23. The van der Waals surface area contributed by atoms with Crippen molar-refractivity contribution in [2.45, 2.75) is 13.3 Å². The molecule has 1 atom stereocenters. The zero-order valence-electron chi connectivity index (χ0n) is 7.55.